The molecule has 0 spiro atoms. The van der Waals surface area contributed by atoms with Gasteiger partial charge in [-0.2, -0.15) is 0 Å². The molecule has 1 aromatic carbocycles. The van der Waals surface area contributed by atoms with Crippen molar-refractivity contribution in [1.82, 2.24) is 10.2 Å². The smallest absolute Gasteiger partial charge is 0.306 e. The normalized spacial score (nSPS) is 25.5. The predicted octanol–water partition coefficient (Wildman–Crippen LogP) is 6.25. The van der Waals surface area contributed by atoms with Gasteiger partial charge in [-0.3, -0.25) is 4.79 Å². The number of rotatable bonds is 4. The minimum absolute atomic E-state index is 0.179. The van der Waals surface area contributed by atoms with Gasteiger partial charge in [0.2, 0.25) is 0 Å². The standard InChI is InChI=1S/C23H30N2O2S/c1-23(2)13-11-16(12-14-23)15-3-5-17(6-4-15)20-24-25-21(28-20)18-7-9-19(10-8-18)22(26)27/h3-6,16,18-19H,7-14H2,1-2H3,(H,26,27). The molecule has 0 saturated heterocycles. The van der Waals surface area contributed by atoms with E-state index in [1.165, 1.54) is 31.2 Å². The maximum absolute atomic E-state index is 11.1. The van der Waals surface area contributed by atoms with Gasteiger partial charge in [0.15, 0.2) is 0 Å². The fraction of sp³-hybridized carbons (Fsp3) is 0.609. The van der Waals surface area contributed by atoms with Crippen molar-refractivity contribution in [3.8, 4) is 10.6 Å². The summed E-state index contributed by atoms with van der Waals surface area (Å²) in [5.74, 6) is 0.225. The van der Waals surface area contributed by atoms with Gasteiger partial charge in [-0.15, -0.1) is 10.2 Å². The summed E-state index contributed by atoms with van der Waals surface area (Å²) in [6.45, 7) is 4.76. The lowest BCUT2D eigenvalue weighted by atomic mass is 9.71. The van der Waals surface area contributed by atoms with Crippen molar-refractivity contribution in [3.63, 3.8) is 0 Å². The number of aliphatic carboxylic acids is 1. The highest BCUT2D eigenvalue weighted by Gasteiger charge is 2.29. The molecule has 0 unspecified atom stereocenters. The zero-order valence-electron chi connectivity index (χ0n) is 16.9. The van der Waals surface area contributed by atoms with Crippen molar-refractivity contribution >= 4 is 17.3 Å². The van der Waals surface area contributed by atoms with Crippen LogP contribution in [0.1, 0.15) is 87.6 Å². The van der Waals surface area contributed by atoms with Gasteiger partial charge in [0, 0.05) is 11.5 Å². The van der Waals surface area contributed by atoms with E-state index in [9.17, 15) is 4.79 Å². The second-order valence-corrected chi connectivity index (χ2v) is 10.4. The van der Waals surface area contributed by atoms with E-state index in [2.05, 4.69) is 48.3 Å². The van der Waals surface area contributed by atoms with E-state index >= 15 is 0 Å². The number of carboxylic acid groups (broad SMARTS) is 1. The van der Waals surface area contributed by atoms with Crippen molar-refractivity contribution < 1.29 is 9.90 Å². The highest BCUT2D eigenvalue weighted by Crippen LogP contribution is 2.43. The van der Waals surface area contributed by atoms with Gasteiger partial charge in [0.25, 0.3) is 0 Å². The van der Waals surface area contributed by atoms with Crippen LogP contribution >= 0.6 is 11.3 Å². The number of carboxylic acids is 1. The highest BCUT2D eigenvalue weighted by molar-refractivity contribution is 7.14. The second kappa shape index (κ2) is 7.94. The first-order valence-corrected chi connectivity index (χ1v) is 11.4. The van der Waals surface area contributed by atoms with E-state index < -0.39 is 5.97 Å². The van der Waals surface area contributed by atoms with Crippen LogP contribution in [0, 0.1) is 11.3 Å². The van der Waals surface area contributed by atoms with E-state index in [-0.39, 0.29) is 5.92 Å². The molecule has 4 rings (SSSR count). The molecule has 2 aliphatic carbocycles. The lowest BCUT2D eigenvalue weighted by Gasteiger charge is -2.34. The number of hydrogen-bond acceptors (Lipinski definition) is 4. The Kier molecular flexibility index (Phi) is 5.55. The average molecular weight is 399 g/mol. The largest absolute Gasteiger partial charge is 0.481 e. The molecule has 0 radical (unpaired) electrons. The lowest BCUT2D eigenvalue weighted by molar-refractivity contribution is -0.142. The summed E-state index contributed by atoms with van der Waals surface area (Å²) >= 11 is 1.67. The van der Waals surface area contributed by atoms with Crippen molar-refractivity contribution in [3.05, 3.63) is 34.8 Å². The summed E-state index contributed by atoms with van der Waals surface area (Å²) in [7, 11) is 0. The van der Waals surface area contributed by atoms with Gasteiger partial charge < -0.3 is 5.11 Å². The molecule has 1 heterocycles. The van der Waals surface area contributed by atoms with Crippen LogP contribution < -0.4 is 0 Å². The molecular weight excluding hydrogens is 368 g/mol. The molecule has 0 atom stereocenters. The summed E-state index contributed by atoms with van der Waals surface area (Å²) in [6.07, 6.45) is 8.50. The molecule has 0 amide bonds. The summed E-state index contributed by atoms with van der Waals surface area (Å²) in [5, 5.41) is 20.1. The van der Waals surface area contributed by atoms with E-state index in [0.29, 0.717) is 17.3 Å². The van der Waals surface area contributed by atoms with E-state index in [1.54, 1.807) is 11.3 Å². The molecule has 4 nitrogen and oxygen atoms in total. The zero-order chi connectivity index (χ0) is 19.7. The van der Waals surface area contributed by atoms with E-state index in [4.69, 9.17) is 5.11 Å². The molecule has 1 aromatic heterocycles. The third-order valence-electron chi connectivity index (χ3n) is 6.83. The molecule has 5 heteroatoms. The molecule has 0 aliphatic heterocycles. The summed E-state index contributed by atoms with van der Waals surface area (Å²) in [5.41, 5.74) is 3.10. The molecule has 0 bridgehead atoms. The SMILES string of the molecule is CC1(C)CCC(c2ccc(-c3nnc(C4CCC(C(=O)O)CC4)s3)cc2)CC1. The molecular formula is C23H30N2O2S. The Morgan fingerprint density at radius 3 is 2.21 bits per heavy atom. The maximum Gasteiger partial charge on any atom is 0.306 e. The Bertz CT molecular complexity index is 809. The third kappa shape index (κ3) is 4.29. The monoisotopic (exact) mass is 398 g/mol. The van der Waals surface area contributed by atoms with E-state index in [0.717, 1.165) is 41.3 Å². The Balaban J connectivity index is 1.40. The minimum atomic E-state index is -0.655. The van der Waals surface area contributed by atoms with Gasteiger partial charge in [0.05, 0.1) is 5.92 Å². The van der Waals surface area contributed by atoms with E-state index in [1.807, 2.05) is 0 Å². The Hall–Kier alpha value is -1.75. The van der Waals surface area contributed by atoms with Crippen LogP contribution in [0.15, 0.2) is 24.3 Å². The Morgan fingerprint density at radius 1 is 0.964 bits per heavy atom. The van der Waals surface area contributed by atoms with Gasteiger partial charge in [-0.05, 0) is 68.3 Å². The van der Waals surface area contributed by atoms with Crippen molar-refractivity contribution in [2.75, 3.05) is 0 Å². The molecule has 2 saturated carbocycles. The van der Waals surface area contributed by atoms with Crippen molar-refractivity contribution in [1.29, 1.82) is 0 Å². The number of hydrogen-bond donors (Lipinski definition) is 1. The fourth-order valence-electron chi connectivity index (χ4n) is 4.73. The quantitative estimate of drug-likeness (QED) is 0.661. The Labute approximate surface area is 171 Å². The average Bonchev–Trinajstić information content (AvgIpc) is 3.18. The van der Waals surface area contributed by atoms with Gasteiger partial charge in [0.1, 0.15) is 10.0 Å². The number of aromatic nitrogens is 2. The molecule has 2 aromatic rings. The first kappa shape index (κ1) is 19.6. The molecule has 2 aliphatic rings. The molecule has 28 heavy (non-hydrogen) atoms. The predicted molar refractivity (Wildman–Crippen MR) is 113 cm³/mol. The van der Waals surface area contributed by atoms with Gasteiger partial charge in [-0.25, -0.2) is 0 Å². The highest BCUT2D eigenvalue weighted by atomic mass is 32.1. The molecule has 2 fully saturated rings. The van der Waals surface area contributed by atoms with Crippen LogP contribution in [0.4, 0.5) is 0 Å². The lowest BCUT2D eigenvalue weighted by Crippen LogP contribution is -2.20. The van der Waals surface area contributed by atoms with Crippen LogP contribution in [0.5, 0.6) is 0 Å². The molecule has 150 valence electrons. The van der Waals surface area contributed by atoms with Crippen LogP contribution in [0.2, 0.25) is 0 Å². The number of nitrogens with zero attached hydrogens (tertiary/aromatic N) is 2. The van der Waals surface area contributed by atoms with Crippen LogP contribution in [0.25, 0.3) is 10.6 Å². The van der Waals surface area contributed by atoms with Crippen molar-refractivity contribution in [2.45, 2.75) is 77.0 Å². The number of carbonyl (C=O) groups is 1. The maximum atomic E-state index is 11.1. The zero-order valence-corrected chi connectivity index (χ0v) is 17.7. The summed E-state index contributed by atoms with van der Waals surface area (Å²) in [4.78, 5) is 11.1. The summed E-state index contributed by atoms with van der Waals surface area (Å²) < 4.78 is 0. The van der Waals surface area contributed by atoms with Crippen molar-refractivity contribution in [2.24, 2.45) is 11.3 Å². The van der Waals surface area contributed by atoms with Gasteiger partial charge >= 0.3 is 5.97 Å². The second-order valence-electron chi connectivity index (χ2n) is 9.39. The van der Waals surface area contributed by atoms with Crippen LogP contribution in [-0.4, -0.2) is 21.3 Å². The Morgan fingerprint density at radius 2 is 1.61 bits per heavy atom. The number of benzene rings is 1. The van der Waals surface area contributed by atoms with Crippen LogP contribution in [0.3, 0.4) is 0 Å². The fourth-order valence-corrected chi connectivity index (χ4v) is 5.75. The summed E-state index contributed by atoms with van der Waals surface area (Å²) in [6, 6.07) is 8.94. The minimum Gasteiger partial charge on any atom is -0.481 e. The third-order valence-corrected chi connectivity index (χ3v) is 7.97. The molecule has 1 N–H and O–H groups in total. The first-order chi connectivity index (χ1) is 13.4. The first-order valence-electron chi connectivity index (χ1n) is 10.6. The van der Waals surface area contributed by atoms with Gasteiger partial charge in [-0.1, -0.05) is 49.4 Å². The topological polar surface area (TPSA) is 63.1 Å². The van der Waals surface area contributed by atoms with Crippen LogP contribution in [-0.2, 0) is 4.79 Å².